The van der Waals surface area contributed by atoms with Crippen molar-refractivity contribution in [2.45, 2.75) is 25.9 Å². The van der Waals surface area contributed by atoms with Gasteiger partial charge in [0, 0.05) is 12.2 Å². The van der Waals surface area contributed by atoms with Gasteiger partial charge in [0.15, 0.2) is 5.69 Å². The number of hydrogen-bond acceptors (Lipinski definition) is 7. The molecule has 4 heterocycles. The summed E-state index contributed by atoms with van der Waals surface area (Å²) in [5.74, 6) is -0.179. The summed E-state index contributed by atoms with van der Waals surface area (Å²) in [4.78, 5) is 28.9. The van der Waals surface area contributed by atoms with Crippen LogP contribution in [0.3, 0.4) is 0 Å². The number of amides is 1. The van der Waals surface area contributed by atoms with E-state index in [-0.39, 0.29) is 18.0 Å². The van der Waals surface area contributed by atoms with E-state index in [4.69, 9.17) is 16.3 Å². The Bertz CT molecular complexity index is 963. The van der Waals surface area contributed by atoms with Crippen LogP contribution in [0.15, 0.2) is 36.9 Å². The second-order valence-electron chi connectivity index (χ2n) is 6.46. The van der Waals surface area contributed by atoms with Gasteiger partial charge in [-0.3, -0.25) is 4.79 Å². The van der Waals surface area contributed by atoms with E-state index in [0.29, 0.717) is 29.5 Å². The largest absolute Gasteiger partial charge is 0.458 e. The first-order valence-corrected chi connectivity index (χ1v) is 9.26. The van der Waals surface area contributed by atoms with Crippen molar-refractivity contribution in [2.75, 3.05) is 13.1 Å². The van der Waals surface area contributed by atoms with Crippen molar-refractivity contribution in [1.82, 2.24) is 34.8 Å². The monoisotopic (exact) mass is 399 g/mol. The lowest BCUT2D eigenvalue weighted by Crippen LogP contribution is -2.45. The SMILES string of the molecule is Cc1ccc(-n2nccn2)c(C(=O)N2CCCC(Oc3ncc(Cl)cn3)C2)n1. The van der Waals surface area contributed by atoms with Crippen LogP contribution < -0.4 is 4.74 Å². The summed E-state index contributed by atoms with van der Waals surface area (Å²) in [6, 6.07) is 3.88. The van der Waals surface area contributed by atoms with Gasteiger partial charge in [0.25, 0.3) is 5.91 Å². The van der Waals surface area contributed by atoms with Gasteiger partial charge in [0.1, 0.15) is 11.8 Å². The van der Waals surface area contributed by atoms with Crippen molar-refractivity contribution in [1.29, 1.82) is 0 Å². The minimum atomic E-state index is -0.199. The number of hydrogen-bond donors (Lipinski definition) is 0. The second kappa shape index (κ2) is 7.89. The lowest BCUT2D eigenvalue weighted by Gasteiger charge is -2.32. The number of likely N-dealkylation sites (tertiary alicyclic amines) is 1. The highest BCUT2D eigenvalue weighted by molar-refractivity contribution is 6.30. The molecular weight excluding hydrogens is 382 g/mol. The Morgan fingerprint density at radius 3 is 2.71 bits per heavy atom. The molecule has 1 unspecified atom stereocenters. The van der Waals surface area contributed by atoms with E-state index >= 15 is 0 Å². The summed E-state index contributed by atoms with van der Waals surface area (Å²) < 4.78 is 5.83. The Morgan fingerprint density at radius 2 is 1.96 bits per heavy atom. The molecule has 144 valence electrons. The van der Waals surface area contributed by atoms with Crippen molar-refractivity contribution in [3.8, 4) is 11.7 Å². The molecule has 0 aromatic carbocycles. The third kappa shape index (κ3) is 3.94. The molecule has 0 N–H and O–H groups in total. The average Bonchev–Trinajstić information content (AvgIpc) is 3.24. The van der Waals surface area contributed by atoms with Crippen LogP contribution in [0.4, 0.5) is 0 Å². The molecule has 1 saturated heterocycles. The normalized spacial score (nSPS) is 16.8. The van der Waals surface area contributed by atoms with Crippen LogP contribution in [-0.4, -0.2) is 59.9 Å². The molecule has 1 atom stereocenters. The van der Waals surface area contributed by atoms with Gasteiger partial charge in [-0.2, -0.15) is 10.2 Å². The summed E-state index contributed by atoms with van der Waals surface area (Å²) >= 11 is 5.80. The highest BCUT2D eigenvalue weighted by Crippen LogP contribution is 2.20. The Labute approximate surface area is 166 Å². The maximum absolute atomic E-state index is 13.2. The van der Waals surface area contributed by atoms with Crippen molar-refractivity contribution >= 4 is 17.5 Å². The third-order valence-electron chi connectivity index (χ3n) is 4.38. The number of aryl methyl sites for hydroxylation is 1. The van der Waals surface area contributed by atoms with Gasteiger partial charge in [0.2, 0.25) is 0 Å². The smallest absolute Gasteiger partial charge is 0.316 e. The Balaban J connectivity index is 1.53. The number of nitrogens with zero attached hydrogens (tertiary/aromatic N) is 7. The minimum Gasteiger partial charge on any atom is -0.458 e. The van der Waals surface area contributed by atoms with Gasteiger partial charge in [-0.15, -0.1) is 4.80 Å². The van der Waals surface area contributed by atoms with Crippen LogP contribution in [0.2, 0.25) is 5.02 Å². The summed E-state index contributed by atoms with van der Waals surface area (Å²) in [6.45, 7) is 2.89. The Hall–Kier alpha value is -3.07. The molecule has 10 heteroatoms. The Kier molecular flexibility index (Phi) is 5.16. The maximum Gasteiger partial charge on any atom is 0.316 e. The molecule has 1 amide bonds. The van der Waals surface area contributed by atoms with E-state index in [9.17, 15) is 4.79 Å². The number of halogens is 1. The summed E-state index contributed by atoms with van der Waals surface area (Å²) in [6.07, 6.45) is 7.51. The third-order valence-corrected chi connectivity index (χ3v) is 4.58. The van der Waals surface area contributed by atoms with Gasteiger partial charge >= 0.3 is 6.01 Å². The predicted octanol–water partition coefficient (Wildman–Crippen LogP) is 2.10. The van der Waals surface area contributed by atoms with Gasteiger partial charge in [-0.1, -0.05) is 11.6 Å². The van der Waals surface area contributed by atoms with Crippen LogP contribution in [0.25, 0.3) is 5.69 Å². The van der Waals surface area contributed by atoms with E-state index in [1.165, 1.54) is 17.2 Å². The van der Waals surface area contributed by atoms with Gasteiger partial charge in [0.05, 0.1) is 36.4 Å². The predicted molar refractivity (Wildman–Crippen MR) is 100 cm³/mol. The van der Waals surface area contributed by atoms with Gasteiger partial charge < -0.3 is 9.64 Å². The standard InChI is InChI=1S/C18H18ClN7O2/c1-12-4-5-15(26-22-6-7-23-26)16(24-12)17(27)25-8-2-3-14(11-25)28-18-20-9-13(19)10-21-18/h4-7,9-10,14H,2-3,8,11H2,1H3. The van der Waals surface area contributed by atoms with Crippen molar-refractivity contribution < 1.29 is 9.53 Å². The molecule has 1 aliphatic rings. The zero-order valence-corrected chi connectivity index (χ0v) is 16.0. The van der Waals surface area contributed by atoms with E-state index < -0.39 is 0 Å². The molecular formula is C18H18ClN7O2. The Morgan fingerprint density at radius 1 is 1.21 bits per heavy atom. The lowest BCUT2D eigenvalue weighted by molar-refractivity contribution is 0.0510. The fourth-order valence-electron chi connectivity index (χ4n) is 3.09. The van der Waals surface area contributed by atoms with Crippen molar-refractivity contribution in [2.24, 2.45) is 0 Å². The molecule has 1 fully saturated rings. The number of piperidine rings is 1. The van der Waals surface area contributed by atoms with E-state index in [0.717, 1.165) is 18.5 Å². The first-order valence-electron chi connectivity index (χ1n) is 8.88. The first kappa shape index (κ1) is 18.3. The highest BCUT2D eigenvalue weighted by atomic mass is 35.5. The van der Waals surface area contributed by atoms with E-state index in [1.54, 1.807) is 23.4 Å². The first-order chi connectivity index (χ1) is 13.6. The number of rotatable bonds is 4. The topological polar surface area (TPSA) is 98.9 Å². The maximum atomic E-state index is 13.2. The molecule has 0 aliphatic carbocycles. The lowest BCUT2D eigenvalue weighted by atomic mass is 10.1. The second-order valence-corrected chi connectivity index (χ2v) is 6.89. The van der Waals surface area contributed by atoms with E-state index in [2.05, 4.69) is 25.1 Å². The molecule has 3 aromatic rings. The zero-order chi connectivity index (χ0) is 19.5. The molecule has 0 saturated carbocycles. The molecule has 1 aliphatic heterocycles. The molecule has 4 rings (SSSR count). The number of aromatic nitrogens is 6. The van der Waals surface area contributed by atoms with Crippen LogP contribution >= 0.6 is 11.6 Å². The molecule has 0 bridgehead atoms. The quantitative estimate of drug-likeness (QED) is 0.662. The summed E-state index contributed by atoms with van der Waals surface area (Å²) in [5.41, 5.74) is 1.61. The molecule has 9 nitrogen and oxygen atoms in total. The number of pyridine rings is 1. The summed E-state index contributed by atoms with van der Waals surface area (Å²) in [7, 11) is 0. The van der Waals surface area contributed by atoms with Gasteiger partial charge in [-0.05, 0) is 31.9 Å². The highest BCUT2D eigenvalue weighted by Gasteiger charge is 2.29. The summed E-state index contributed by atoms with van der Waals surface area (Å²) in [5, 5.41) is 8.69. The number of carbonyl (C=O) groups excluding carboxylic acids is 1. The van der Waals surface area contributed by atoms with Crippen LogP contribution in [0, 0.1) is 6.92 Å². The van der Waals surface area contributed by atoms with Crippen LogP contribution in [0.5, 0.6) is 6.01 Å². The molecule has 3 aromatic heterocycles. The minimum absolute atomic E-state index is 0.179. The van der Waals surface area contributed by atoms with Crippen LogP contribution in [-0.2, 0) is 0 Å². The number of carbonyl (C=O) groups is 1. The van der Waals surface area contributed by atoms with Crippen molar-refractivity contribution in [3.63, 3.8) is 0 Å². The van der Waals surface area contributed by atoms with Gasteiger partial charge in [-0.25, -0.2) is 15.0 Å². The number of ether oxygens (including phenoxy) is 1. The van der Waals surface area contributed by atoms with E-state index in [1.807, 2.05) is 13.0 Å². The molecule has 0 radical (unpaired) electrons. The van der Waals surface area contributed by atoms with Crippen molar-refractivity contribution in [3.05, 3.63) is 53.3 Å². The fraction of sp³-hybridized carbons (Fsp3) is 0.333. The average molecular weight is 400 g/mol. The van der Waals surface area contributed by atoms with Crippen LogP contribution in [0.1, 0.15) is 29.0 Å². The zero-order valence-electron chi connectivity index (χ0n) is 15.2. The molecule has 0 spiro atoms. The fourth-order valence-corrected chi connectivity index (χ4v) is 3.18. The molecule has 28 heavy (non-hydrogen) atoms.